The Morgan fingerprint density at radius 3 is 2.67 bits per heavy atom. The van der Waals surface area contributed by atoms with Crippen LogP contribution in [0.4, 0.5) is 0 Å². The van der Waals surface area contributed by atoms with Crippen molar-refractivity contribution in [1.29, 1.82) is 0 Å². The molecule has 6 heteroatoms. The molecule has 0 aliphatic rings. The van der Waals surface area contributed by atoms with Gasteiger partial charge >= 0.3 is 0 Å². The fourth-order valence-electron chi connectivity index (χ4n) is 3.60. The second kappa shape index (κ2) is 8.79. The lowest BCUT2D eigenvalue weighted by Gasteiger charge is -2.18. The Morgan fingerprint density at radius 1 is 1.17 bits per heavy atom. The van der Waals surface area contributed by atoms with Gasteiger partial charge in [-0.3, -0.25) is 4.79 Å². The van der Waals surface area contributed by atoms with Crippen LogP contribution in [0.3, 0.4) is 0 Å². The molecule has 30 heavy (non-hydrogen) atoms. The summed E-state index contributed by atoms with van der Waals surface area (Å²) in [7, 11) is 1.87. The lowest BCUT2D eigenvalue weighted by atomic mass is 10.1. The van der Waals surface area contributed by atoms with E-state index >= 15 is 0 Å². The molecule has 0 N–H and O–H groups in total. The number of fused-ring (bicyclic) bond motifs is 1. The number of aryl methyl sites for hydroxylation is 1. The summed E-state index contributed by atoms with van der Waals surface area (Å²) >= 11 is 1.62. The number of carbonyl (C=O) groups excluding carboxylic acids is 1. The van der Waals surface area contributed by atoms with Crippen LogP contribution in [0.25, 0.3) is 21.6 Å². The number of rotatable bonds is 7. The van der Waals surface area contributed by atoms with Crippen LogP contribution in [-0.4, -0.2) is 39.2 Å². The van der Waals surface area contributed by atoms with Gasteiger partial charge in [0.2, 0.25) is 0 Å². The number of aromatic nitrogens is 3. The summed E-state index contributed by atoms with van der Waals surface area (Å²) in [5.41, 5.74) is 3.54. The normalized spacial score (nSPS) is 11.3. The number of hydrogen-bond acceptors (Lipinski definition) is 4. The van der Waals surface area contributed by atoms with Gasteiger partial charge in [-0.2, -0.15) is 5.10 Å². The Balaban J connectivity index is 1.62. The van der Waals surface area contributed by atoms with Crippen molar-refractivity contribution in [3.63, 3.8) is 0 Å². The first kappa shape index (κ1) is 20.3. The van der Waals surface area contributed by atoms with Crippen molar-refractivity contribution in [1.82, 2.24) is 19.7 Å². The molecule has 0 fully saturated rings. The first-order chi connectivity index (χ1) is 14.5. The standard InChI is InChI=1S/C24H26N4OS/c1-17(2)28-23-20(16-25-28)19(15-21(26-23)22-12-8-14-30-22)24(29)27(3)13-7-11-18-9-5-4-6-10-18/h4-6,8-10,12,14-17H,7,11,13H2,1-3H3. The van der Waals surface area contributed by atoms with Gasteiger partial charge in [0.05, 0.1) is 27.7 Å². The summed E-state index contributed by atoms with van der Waals surface area (Å²) in [5.74, 6) is 0.0107. The van der Waals surface area contributed by atoms with Gasteiger partial charge in [0.15, 0.2) is 5.65 Å². The smallest absolute Gasteiger partial charge is 0.254 e. The molecule has 0 atom stereocenters. The summed E-state index contributed by atoms with van der Waals surface area (Å²) in [6.45, 7) is 4.84. The highest BCUT2D eigenvalue weighted by atomic mass is 32.1. The zero-order valence-electron chi connectivity index (χ0n) is 17.6. The molecule has 0 aliphatic carbocycles. The zero-order valence-corrected chi connectivity index (χ0v) is 18.4. The number of amides is 1. The molecule has 5 nitrogen and oxygen atoms in total. The van der Waals surface area contributed by atoms with Gasteiger partial charge in [0.1, 0.15) is 0 Å². The SMILES string of the molecule is CC(C)n1ncc2c(C(=O)N(C)CCCc3ccccc3)cc(-c3cccs3)nc21. The molecule has 1 amide bonds. The van der Waals surface area contributed by atoms with E-state index in [2.05, 4.69) is 43.2 Å². The fraction of sp³-hybridized carbons (Fsp3) is 0.292. The van der Waals surface area contributed by atoms with Crippen LogP contribution in [0.1, 0.15) is 42.2 Å². The average Bonchev–Trinajstić information content (AvgIpc) is 3.43. The predicted molar refractivity (Wildman–Crippen MR) is 123 cm³/mol. The van der Waals surface area contributed by atoms with Crippen LogP contribution in [0, 0.1) is 0 Å². The second-order valence-electron chi connectivity index (χ2n) is 7.77. The van der Waals surface area contributed by atoms with Crippen LogP contribution < -0.4 is 0 Å². The molecule has 1 aromatic carbocycles. The maximum Gasteiger partial charge on any atom is 0.254 e. The van der Waals surface area contributed by atoms with E-state index in [4.69, 9.17) is 4.98 Å². The van der Waals surface area contributed by atoms with Crippen molar-refractivity contribution < 1.29 is 4.79 Å². The monoisotopic (exact) mass is 418 g/mol. The second-order valence-corrected chi connectivity index (χ2v) is 8.72. The first-order valence-corrected chi connectivity index (χ1v) is 11.1. The van der Waals surface area contributed by atoms with Gasteiger partial charge in [-0.15, -0.1) is 11.3 Å². The minimum Gasteiger partial charge on any atom is -0.342 e. The maximum absolute atomic E-state index is 13.4. The predicted octanol–water partition coefficient (Wildman–Crippen LogP) is 5.45. The van der Waals surface area contributed by atoms with Crippen LogP contribution in [0.2, 0.25) is 0 Å². The first-order valence-electron chi connectivity index (χ1n) is 10.3. The van der Waals surface area contributed by atoms with Crippen LogP contribution in [-0.2, 0) is 6.42 Å². The molecule has 3 heterocycles. The molecular weight excluding hydrogens is 392 g/mol. The lowest BCUT2D eigenvalue weighted by molar-refractivity contribution is 0.0795. The summed E-state index contributed by atoms with van der Waals surface area (Å²) in [6, 6.07) is 16.5. The molecule has 0 unspecified atom stereocenters. The Labute approximate surface area is 181 Å². The third-order valence-electron chi connectivity index (χ3n) is 5.21. The Morgan fingerprint density at radius 2 is 1.97 bits per heavy atom. The van der Waals surface area contributed by atoms with Gasteiger partial charge in [-0.25, -0.2) is 9.67 Å². The maximum atomic E-state index is 13.4. The van der Waals surface area contributed by atoms with Crippen molar-refractivity contribution >= 4 is 28.3 Å². The highest BCUT2D eigenvalue weighted by molar-refractivity contribution is 7.13. The number of hydrogen-bond donors (Lipinski definition) is 0. The van der Waals surface area contributed by atoms with E-state index in [1.165, 1.54) is 5.56 Å². The summed E-state index contributed by atoms with van der Waals surface area (Å²) in [4.78, 5) is 21.1. The zero-order chi connectivity index (χ0) is 21.1. The summed E-state index contributed by atoms with van der Waals surface area (Å²) in [5, 5.41) is 7.34. The quantitative estimate of drug-likeness (QED) is 0.401. The number of pyridine rings is 1. The highest BCUT2D eigenvalue weighted by Crippen LogP contribution is 2.29. The van der Waals surface area contributed by atoms with E-state index in [0.29, 0.717) is 12.1 Å². The number of benzene rings is 1. The number of carbonyl (C=O) groups is 1. The largest absolute Gasteiger partial charge is 0.342 e. The fourth-order valence-corrected chi connectivity index (χ4v) is 4.28. The molecule has 0 saturated carbocycles. The van der Waals surface area contributed by atoms with Gasteiger partial charge in [0, 0.05) is 19.6 Å². The van der Waals surface area contributed by atoms with Crippen molar-refractivity contribution in [2.75, 3.05) is 13.6 Å². The molecule has 0 bridgehead atoms. The van der Waals surface area contributed by atoms with Crippen LogP contribution in [0.5, 0.6) is 0 Å². The van der Waals surface area contributed by atoms with E-state index < -0.39 is 0 Å². The molecule has 0 spiro atoms. The van der Waals surface area contributed by atoms with E-state index in [1.54, 1.807) is 17.5 Å². The van der Waals surface area contributed by atoms with Crippen LogP contribution >= 0.6 is 11.3 Å². The molecular formula is C24H26N4OS. The van der Waals surface area contributed by atoms with Crippen molar-refractivity contribution in [3.05, 3.63) is 71.2 Å². The van der Waals surface area contributed by atoms with Crippen molar-refractivity contribution in [2.24, 2.45) is 0 Å². The van der Waals surface area contributed by atoms with Crippen molar-refractivity contribution in [2.45, 2.75) is 32.7 Å². The third-order valence-corrected chi connectivity index (χ3v) is 6.10. The molecule has 4 rings (SSSR count). The van der Waals surface area contributed by atoms with Crippen molar-refractivity contribution in [3.8, 4) is 10.6 Å². The molecule has 0 radical (unpaired) electrons. The van der Waals surface area contributed by atoms with Gasteiger partial charge in [0.25, 0.3) is 5.91 Å². The Bertz CT molecular complexity index is 1130. The van der Waals surface area contributed by atoms with Crippen LogP contribution in [0.15, 0.2) is 60.1 Å². The van der Waals surface area contributed by atoms with E-state index in [-0.39, 0.29) is 11.9 Å². The lowest BCUT2D eigenvalue weighted by Crippen LogP contribution is -2.28. The Kier molecular flexibility index (Phi) is 5.95. The molecule has 154 valence electrons. The van der Waals surface area contributed by atoms with Gasteiger partial charge < -0.3 is 4.90 Å². The molecule has 4 aromatic rings. The molecule has 0 aliphatic heterocycles. The summed E-state index contributed by atoms with van der Waals surface area (Å²) in [6.07, 6.45) is 3.64. The Hall–Kier alpha value is -2.99. The third kappa shape index (κ3) is 4.14. The highest BCUT2D eigenvalue weighted by Gasteiger charge is 2.21. The minimum absolute atomic E-state index is 0.0107. The van der Waals surface area contributed by atoms with Gasteiger partial charge in [-0.1, -0.05) is 36.4 Å². The minimum atomic E-state index is 0.0107. The van der Waals surface area contributed by atoms with E-state index in [1.807, 2.05) is 46.3 Å². The van der Waals surface area contributed by atoms with Gasteiger partial charge in [-0.05, 0) is 49.8 Å². The topological polar surface area (TPSA) is 51.0 Å². The molecule has 0 saturated heterocycles. The molecule has 3 aromatic heterocycles. The summed E-state index contributed by atoms with van der Waals surface area (Å²) < 4.78 is 1.89. The average molecular weight is 419 g/mol. The van der Waals surface area contributed by atoms with E-state index in [9.17, 15) is 4.79 Å². The number of nitrogens with zero attached hydrogens (tertiary/aromatic N) is 4. The van der Waals surface area contributed by atoms with E-state index in [0.717, 1.165) is 34.4 Å². The number of thiophene rings is 1.